The SMILES string of the molecule is CC(CBr)C(C)Nc1nccn(C2CC2)c1=O. The van der Waals surface area contributed by atoms with Gasteiger partial charge in [0, 0.05) is 29.8 Å². The van der Waals surface area contributed by atoms with Crippen LogP contribution in [0.3, 0.4) is 0 Å². The highest BCUT2D eigenvalue weighted by Gasteiger charge is 2.25. The Morgan fingerprint density at radius 1 is 1.59 bits per heavy atom. The van der Waals surface area contributed by atoms with Crippen molar-refractivity contribution in [1.82, 2.24) is 9.55 Å². The molecule has 0 aliphatic heterocycles. The molecule has 4 nitrogen and oxygen atoms in total. The second-order valence-corrected chi connectivity index (χ2v) is 5.43. The smallest absolute Gasteiger partial charge is 0.293 e. The number of rotatable bonds is 5. The maximum Gasteiger partial charge on any atom is 0.293 e. The molecule has 1 fully saturated rings. The van der Waals surface area contributed by atoms with E-state index in [4.69, 9.17) is 0 Å². The van der Waals surface area contributed by atoms with Gasteiger partial charge < -0.3 is 9.88 Å². The number of alkyl halides is 1. The molecule has 0 aromatic carbocycles. The maximum absolute atomic E-state index is 12.1. The third-order valence-electron chi connectivity index (χ3n) is 3.27. The summed E-state index contributed by atoms with van der Waals surface area (Å²) in [6.45, 7) is 4.20. The Hall–Kier alpha value is -0.840. The molecule has 2 unspecified atom stereocenters. The fraction of sp³-hybridized carbons (Fsp3) is 0.667. The molecule has 1 N–H and O–H groups in total. The summed E-state index contributed by atoms with van der Waals surface area (Å²) >= 11 is 3.45. The Labute approximate surface area is 110 Å². The van der Waals surface area contributed by atoms with Crippen LogP contribution in [0, 0.1) is 5.92 Å². The van der Waals surface area contributed by atoms with Gasteiger partial charge in [-0.15, -0.1) is 0 Å². The van der Waals surface area contributed by atoms with Crippen molar-refractivity contribution in [2.45, 2.75) is 38.8 Å². The van der Waals surface area contributed by atoms with Crippen LogP contribution in [0.5, 0.6) is 0 Å². The van der Waals surface area contributed by atoms with Gasteiger partial charge in [-0.05, 0) is 25.7 Å². The van der Waals surface area contributed by atoms with Gasteiger partial charge in [0.2, 0.25) is 0 Å². The van der Waals surface area contributed by atoms with Gasteiger partial charge in [0.25, 0.3) is 5.56 Å². The molecule has 0 amide bonds. The molecule has 0 spiro atoms. The van der Waals surface area contributed by atoms with Crippen molar-refractivity contribution in [3.63, 3.8) is 0 Å². The van der Waals surface area contributed by atoms with Crippen LogP contribution in [0.1, 0.15) is 32.7 Å². The molecular formula is C12H18BrN3O. The minimum absolute atomic E-state index is 0.00335. The third kappa shape index (κ3) is 2.89. The van der Waals surface area contributed by atoms with Gasteiger partial charge >= 0.3 is 0 Å². The molecule has 0 radical (unpaired) electrons. The van der Waals surface area contributed by atoms with Crippen molar-refractivity contribution < 1.29 is 0 Å². The monoisotopic (exact) mass is 299 g/mol. The molecular weight excluding hydrogens is 282 g/mol. The lowest BCUT2D eigenvalue weighted by atomic mass is 10.1. The molecule has 1 aromatic heterocycles. The van der Waals surface area contributed by atoms with Gasteiger partial charge in [0.05, 0.1) is 0 Å². The summed E-state index contributed by atoms with van der Waals surface area (Å²) in [6.07, 6.45) is 5.70. The van der Waals surface area contributed by atoms with Crippen LogP contribution >= 0.6 is 15.9 Å². The lowest BCUT2D eigenvalue weighted by Gasteiger charge is -2.19. The minimum Gasteiger partial charge on any atom is -0.363 e. The minimum atomic E-state index is 0.00335. The average Bonchev–Trinajstić information content (AvgIpc) is 3.14. The quantitative estimate of drug-likeness (QED) is 0.850. The topological polar surface area (TPSA) is 46.9 Å². The summed E-state index contributed by atoms with van der Waals surface area (Å²) < 4.78 is 1.79. The normalized spacial score (nSPS) is 18.8. The predicted octanol–water partition coefficient (Wildman–Crippen LogP) is 2.41. The summed E-state index contributed by atoms with van der Waals surface area (Å²) in [6, 6.07) is 0.625. The number of nitrogens with one attached hydrogen (secondary N) is 1. The summed E-state index contributed by atoms with van der Waals surface area (Å²) in [5.41, 5.74) is 0.00335. The fourth-order valence-electron chi connectivity index (χ4n) is 1.66. The van der Waals surface area contributed by atoms with Crippen molar-refractivity contribution in [3.05, 3.63) is 22.7 Å². The third-order valence-corrected chi connectivity index (χ3v) is 4.29. The largest absolute Gasteiger partial charge is 0.363 e. The van der Waals surface area contributed by atoms with Crippen LogP contribution in [0.25, 0.3) is 0 Å². The number of halogens is 1. The predicted molar refractivity (Wildman–Crippen MR) is 72.8 cm³/mol. The van der Waals surface area contributed by atoms with Gasteiger partial charge in [-0.1, -0.05) is 22.9 Å². The van der Waals surface area contributed by atoms with E-state index in [-0.39, 0.29) is 11.6 Å². The van der Waals surface area contributed by atoms with Crippen molar-refractivity contribution in [2.24, 2.45) is 5.92 Å². The van der Waals surface area contributed by atoms with Gasteiger partial charge in [-0.3, -0.25) is 4.79 Å². The molecule has 1 aromatic rings. The van der Waals surface area contributed by atoms with E-state index in [2.05, 4.69) is 40.1 Å². The van der Waals surface area contributed by atoms with Crippen LogP contribution in [-0.2, 0) is 0 Å². The second kappa shape index (κ2) is 5.21. The Morgan fingerprint density at radius 2 is 2.29 bits per heavy atom. The van der Waals surface area contributed by atoms with Crippen molar-refractivity contribution in [2.75, 3.05) is 10.6 Å². The van der Waals surface area contributed by atoms with Crippen LogP contribution < -0.4 is 10.9 Å². The van der Waals surface area contributed by atoms with E-state index in [0.717, 1.165) is 18.2 Å². The molecule has 17 heavy (non-hydrogen) atoms. The zero-order valence-electron chi connectivity index (χ0n) is 10.2. The number of hydrogen-bond donors (Lipinski definition) is 1. The van der Waals surface area contributed by atoms with Gasteiger partial charge in [-0.2, -0.15) is 0 Å². The molecule has 2 atom stereocenters. The maximum atomic E-state index is 12.1. The summed E-state index contributed by atoms with van der Waals surface area (Å²) in [4.78, 5) is 16.3. The van der Waals surface area contributed by atoms with Crippen molar-refractivity contribution >= 4 is 21.7 Å². The zero-order chi connectivity index (χ0) is 12.4. The molecule has 1 heterocycles. The average molecular weight is 300 g/mol. The van der Waals surface area contributed by atoms with Crippen LogP contribution in [0.15, 0.2) is 17.2 Å². The highest BCUT2D eigenvalue weighted by Crippen LogP contribution is 2.33. The van der Waals surface area contributed by atoms with E-state index >= 15 is 0 Å². The van der Waals surface area contributed by atoms with Gasteiger partial charge in [-0.25, -0.2) is 4.98 Å². The summed E-state index contributed by atoms with van der Waals surface area (Å²) in [5, 5.41) is 4.12. The van der Waals surface area contributed by atoms with Crippen molar-refractivity contribution in [3.8, 4) is 0 Å². The number of hydrogen-bond acceptors (Lipinski definition) is 3. The Bertz CT molecular complexity index is 442. The first-order valence-electron chi connectivity index (χ1n) is 6.03. The first-order chi connectivity index (χ1) is 8.13. The van der Waals surface area contributed by atoms with E-state index < -0.39 is 0 Å². The van der Waals surface area contributed by atoms with E-state index in [1.165, 1.54) is 0 Å². The number of aromatic nitrogens is 2. The van der Waals surface area contributed by atoms with E-state index in [9.17, 15) is 4.79 Å². The molecule has 5 heteroatoms. The van der Waals surface area contributed by atoms with Crippen LogP contribution in [-0.4, -0.2) is 20.9 Å². The Balaban J connectivity index is 2.16. The van der Waals surface area contributed by atoms with Gasteiger partial charge in [0.1, 0.15) is 0 Å². The standard InChI is InChI=1S/C12H18BrN3O/c1-8(7-13)9(2)15-11-12(17)16(6-5-14-11)10-3-4-10/h5-6,8-10H,3-4,7H2,1-2H3,(H,14,15). The second-order valence-electron chi connectivity index (χ2n) is 4.78. The van der Waals surface area contributed by atoms with Crippen LogP contribution in [0.4, 0.5) is 5.82 Å². The van der Waals surface area contributed by atoms with Crippen molar-refractivity contribution in [1.29, 1.82) is 0 Å². The molecule has 1 aliphatic carbocycles. The Kier molecular flexibility index (Phi) is 3.86. The highest BCUT2D eigenvalue weighted by atomic mass is 79.9. The highest BCUT2D eigenvalue weighted by molar-refractivity contribution is 9.09. The molecule has 94 valence electrons. The van der Waals surface area contributed by atoms with E-state index in [1.807, 2.05) is 0 Å². The Morgan fingerprint density at radius 3 is 2.88 bits per heavy atom. The fourth-order valence-corrected chi connectivity index (χ4v) is 2.22. The van der Waals surface area contributed by atoms with Gasteiger partial charge in [0.15, 0.2) is 5.82 Å². The van der Waals surface area contributed by atoms with E-state index in [0.29, 0.717) is 17.8 Å². The first kappa shape index (κ1) is 12.6. The molecule has 2 rings (SSSR count). The molecule has 1 aliphatic rings. The summed E-state index contributed by atoms with van der Waals surface area (Å²) in [5.74, 6) is 0.922. The molecule has 1 saturated carbocycles. The molecule has 0 bridgehead atoms. The molecule has 0 saturated heterocycles. The first-order valence-corrected chi connectivity index (χ1v) is 7.15. The zero-order valence-corrected chi connectivity index (χ0v) is 11.8. The lowest BCUT2D eigenvalue weighted by molar-refractivity contribution is 0.567. The summed E-state index contributed by atoms with van der Waals surface area (Å²) in [7, 11) is 0. The van der Waals surface area contributed by atoms with Crippen LogP contribution in [0.2, 0.25) is 0 Å². The number of nitrogens with zero attached hydrogens (tertiary/aromatic N) is 2. The number of anilines is 1. The lowest BCUT2D eigenvalue weighted by Crippen LogP contribution is -2.31. The van der Waals surface area contributed by atoms with E-state index in [1.54, 1.807) is 17.0 Å².